The normalized spacial score (nSPS) is 18.1. The first-order chi connectivity index (χ1) is 11.0. The summed E-state index contributed by atoms with van der Waals surface area (Å²) >= 11 is 0. The van der Waals surface area contributed by atoms with E-state index in [1.54, 1.807) is 7.11 Å². The van der Waals surface area contributed by atoms with Crippen LogP contribution < -0.4 is 5.32 Å². The molecule has 1 heterocycles. The van der Waals surface area contributed by atoms with Crippen LogP contribution in [0.25, 0.3) is 0 Å². The zero-order chi connectivity index (χ0) is 16.8. The summed E-state index contributed by atoms with van der Waals surface area (Å²) in [4.78, 5) is 26.0. The molecular formula is C18H26N2O3. The van der Waals surface area contributed by atoms with Crippen LogP contribution in [0.1, 0.15) is 42.6 Å². The lowest BCUT2D eigenvalue weighted by atomic mass is 10.1. The Balaban J connectivity index is 1.93. The van der Waals surface area contributed by atoms with Gasteiger partial charge in [-0.15, -0.1) is 0 Å². The van der Waals surface area contributed by atoms with Crippen molar-refractivity contribution in [2.45, 2.75) is 39.3 Å². The average Bonchev–Trinajstić information content (AvgIpc) is 2.59. The van der Waals surface area contributed by atoms with Crippen LogP contribution in [-0.4, -0.2) is 43.0 Å². The summed E-state index contributed by atoms with van der Waals surface area (Å²) in [5.74, 6) is 0.0530. The molecule has 0 radical (unpaired) electrons. The van der Waals surface area contributed by atoms with Crippen LogP contribution in [0.15, 0.2) is 24.3 Å². The molecule has 5 heteroatoms. The molecule has 126 valence electrons. The molecule has 1 aromatic carbocycles. The number of carbonyl (C=O) groups is 2. The predicted molar refractivity (Wildman–Crippen MR) is 89.1 cm³/mol. The van der Waals surface area contributed by atoms with E-state index in [2.05, 4.69) is 5.32 Å². The minimum Gasteiger partial charge on any atom is -0.380 e. The average molecular weight is 318 g/mol. The van der Waals surface area contributed by atoms with Crippen molar-refractivity contribution in [2.75, 3.05) is 20.2 Å². The zero-order valence-electron chi connectivity index (χ0n) is 14.2. The molecule has 2 amide bonds. The maximum Gasteiger partial charge on any atom is 0.253 e. The molecular weight excluding hydrogens is 292 g/mol. The number of hydrogen-bond acceptors (Lipinski definition) is 3. The number of amides is 2. The molecule has 1 aliphatic heterocycles. The van der Waals surface area contributed by atoms with Gasteiger partial charge in [0.25, 0.3) is 5.91 Å². The van der Waals surface area contributed by atoms with E-state index in [-0.39, 0.29) is 23.8 Å². The van der Waals surface area contributed by atoms with Gasteiger partial charge < -0.3 is 15.0 Å². The monoisotopic (exact) mass is 318 g/mol. The van der Waals surface area contributed by atoms with Crippen LogP contribution in [0.4, 0.5) is 0 Å². The van der Waals surface area contributed by atoms with Crippen LogP contribution in [0, 0.1) is 5.92 Å². The quantitative estimate of drug-likeness (QED) is 0.905. The largest absolute Gasteiger partial charge is 0.380 e. The van der Waals surface area contributed by atoms with Crippen molar-refractivity contribution < 1.29 is 14.3 Å². The molecule has 1 N–H and O–H groups in total. The van der Waals surface area contributed by atoms with Crippen LogP contribution >= 0.6 is 0 Å². The third-order valence-corrected chi connectivity index (χ3v) is 4.19. The second-order valence-corrected chi connectivity index (χ2v) is 6.32. The number of benzene rings is 1. The van der Waals surface area contributed by atoms with E-state index in [0.29, 0.717) is 18.7 Å². The first kappa shape index (κ1) is 17.5. The summed E-state index contributed by atoms with van der Waals surface area (Å²) in [5, 5.41) is 2.87. The minimum atomic E-state index is -0.0244. The van der Waals surface area contributed by atoms with Gasteiger partial charge in [0, 0.05) is 38.2 Å². The molecule has 0 saturated carbocycles. The molecule has 2 rings (SSSR count). The van der Waals surface area contributed by atoms with Crippen molar-refractivity contribution in [3.63, 3.8) is 0 Å². The Labute approximate surface area is 138 Å². The second-order valence-electron chi connectivity index (χ2n) is 6.32. The first-order valence-electron chi connectivity index (χ1n) is 8.20. The van der Waals surface area contributed by atoms with E-state index in [0.717, 1.165) is 24.9 Å². The van der Waals surface area contributed by atoms with Crippen LogP contribution in [0.2, 0.25) is 0 Å². The molecule has 5 nitrogen and oxygen atoms in total. The number of nitrogens with one attached hydrogen (secondary N) is 1. The molecule has 1 unspecified atom stereocenters. The molecule has 1 atom stereocenters. The third-order valence-electron chi connectivity index (χ3n) is 4.19. The lowest BCUT2D eigenvalue weighted by molar-refractivity contribution is -0.124. The summed E-state index contributed by atoms with van der Waals surface area (Å²) in [7, 11) is 1.69. The second kappa shape index (κ2) is 8.11. The van der Waals surface area contributed by atoms with Gasteiger partial charge in [-0.3, -0.25) is 9.59 Å². The van der Waals surface area contributed by atoms with E-state index >= 15 is 0 Å². The van der Waals surface area contributed by atoms with Gasteiger partial charge in [-0.1, -0.05) is 26.0 Å². The number of piperidine rings is 1. The SMILES string of the molecule is COC1CCCN(C(=O)c2ccc(CNC(=O)C(C)C)cc2)C1. The topological polar surface area (TPSA) is 58.6 Å². The summed E-state index contributed by atoms with van der Waals surface area (Å²) in [6, 6.07) is 7.45. The van der Waals surface area contributed by atoms with Gasteiger partial charge in [-0.2, -0.15) is 0 Å². The van der Waals surface area contributed by atoms with Gasteiger partial charge in [-0.25, -0.2) is 0 Å². The highest BCUT2D eigenvalue weighted by atomic mass is 16.5. The maximum atomic E-state index is 12.5. The van der Waals surface area contributed by atoms with E-state index in [1.165, 1.54) is 0 Å². The fourth-order valence-corrected chi connectivity index (χ4v) is 2.66. The lowest BCUT2D eigenvalue weighted by Crippen LogP contribution is -2.42. The third kappa shape index (κ3) is 4.79. The highest BCUT2D eigenvalue weighted by Gasteiger charge is 2.24. The summed E-state index contributed by atoms with van der Waals surface area (Å²) < 4.78 is 5.37. The van der Waals surface area contributed by atoms with Crippen molar-refractivity contribution in [1.29, 1.82) is 0 Å². The molecule has 23 heavy (non-hydrogen) atoms. The maximum absolute atomic E-state index is 12.5. The first-order valence-corrected chi connectivity index (χ1v) is 8.20. The van der Waals surface area contributed by atoms with E-state index < -0.39 is 0 Å². The van der Waals surface area contributed by atoms with Crippen molar-refractivity contribution >= 4 is 11.8 Å². The van der Waals surface area contributed by atoms with Gasteiger partial charge >= 0.3 is 0 Å². The smallest absolute Gasteiger partial charge is 0.253 e. The number of methoxy groups -OCH3 is 1. The summed E-state index contributed by atoms with van der Waals surface area (Å²) in [6.45, 7) is 5.65. The van der Waals surface area contributed by atoms with E-state index in [4.69, 9.17) is 4.74 Å². The van der Waals surface area contributed by atoms with Gasteiger partial charge in [0.1, 0.15) is 0 Å². The molecule has 0 aromatic heterocycles. The molecule has 0 spiro atoms. The number of rotatable bonds is 5. The highest BCUT2D eigenvalue weighted by molar-refractivity contribution is 5.94. The Hall–Kier alpha value is -1.88. The Morgan fingerprint density at radius 2 is 2.00 bits per heavy atom. The van der Waals surface area contributed by atoms with Crippen LogP contribution in [0.3, 0.4) is 0 Å². The molecule has 1 fully saturated rings. The number of carbonyl (C=O) groups excluding carboxylic acids is 2. The fourth-order valence-electron chi connectivity index (χ4n) is 2.66. The van der Waals surface area contributed by atoms with Gasteiger partial charge in [0.2, 0.25) is 5.91 Å². The summed E-state index contributed by atoms with van der Waals surface area (Å²) in [6.07, 6.45) is 2.12. The number of hydrogen-bond donors (Lipinski definition) is 1. The van der Waals surface area contributed by atoms with Crippen LogP contribution in [0.5, 0.6) is 0 Å². The van der Waals surface area contributed by atoms with Crippen molar-refractivity contribution in [1.82, 2.24) is 10.2 Å². The van der Waals surface area contributed by atoms with Gasteiger partial charge in [0.15, 0.2) is 0 Å². The fraction of sp³-hybridized carbons (Fsp3) is 0.556. The Morgan fingerprint density at radius 1 is 1.30 bits per heavy atom. The Kier molecular flexibility index (Phi) is 6.16. The lowest BCUT2D eigenvalue weighted by Gasteiger charge is -2.32. The standard InChI is InChI=1S/C18H26N2O3/c1-13(2)17(21)19-11-14-6-8-15(9-7-14)18(22)20-10-4-5-16(12-20)23-3/h6-9,13,16H,4-5,10-12H2,1-3H3,(H,19,21). The minimum absolute atomic E-state index is 0.0244. The highest BCUT2D eigenvalue weighted by Crippen LogP contribution is 2.16. The molecule has 0 bridgehead atoms. The summed E-state index contributed by atoms with van der Waals surface area (Å²) in [5.41, 5.74) is 1.67. The number of ether oxygens (including phenoxy) is 1. The van der Waals surface area contributed by atoms with Crippen molar-refractivity contribution in [3.05, 3.63) is 35.4 Å². The molecule has 0 aliphatic carbocycles. The van der Waals surface area contributed by atoms with E-state index in [1.807, 2.05) is 43.0 Å². The van der Waals surface area contributed by atoms with Crippen molar-refractivity contribution in [3.8, 4) is 0 Å². The Morgan fingerprint density at radius 3 is 2.61 bits per heavy atom. The zero-order valence-corrected chi connectivity index (χ0v) is 14.2. The number of likely N-dealkylation sites (tertiary alicyclic amines) is 1. The Bertz CT molecular complexity index is 540. The molecule has 1 aliphatic rings. The number of nitrogens with zero attached hydrogens (tertiary/aromatic N) is 1. The van der Waals surface area contributed by atoms with Crippen molar-refractivity contribution in [2.24, 2.45) is 5.92 Å². The van der Waals surface area contributed by atoms with Gasteiger partial charge in [0.05, 0.1) is 6.10 Å². The van der Waals surface area contributed by atoms with E-state index in [9.17, 15) is 9.59 Å². The van der Waals surface area contributed by atoms with Gasteiger partial charge in [-0.05, 0) is 30.5 Å². The van der Waals surface area contributed by atoms with Crippen LogP contribution in [-0.2, 0) is 16.1 Å². The molecule has 1 aromatic rings. The molecule has 1 saturated heterocycles. The predicted octanol–water partition coefficient (Wildman–Crippen LogP) is 2.21.